The van der Waals surface area contributed by atoms with Crippen molar-refractivity contribution in [1.29, 1.82) is 0 Å². The highest BCUT2D eigenvalue weighted by Crippen LogP contribution is 2.38. The van der Waals surface area contributed by atoms with Crippen molar-refractivity contribution in [3.63, 3.8) is 0 Å². The lowest BCUT2D eigenvalue weighted by atomic mass is 10.9. The first-order valence-corrected chi connectivity index (χ1v) is 16.2. The fraction of sp³-hybridized carbons (Fsp3) is 1.00. The third-order valence-electron chi connectivity index (χ3n) is 4.84. The predicted octanol–water partition coefficient (Wildman–Crippen LogP) is 3.19. The minimum absolute atomic E-state index is 0.899. The second-order valence-electron chi connectivity index (χ2n) is 5.69. The van der Waals surface area contributed by atoms with E-state index in [0.717, 1.165) is 6.61 Å². The van der Waals surface area contributed by atoms with Gasteiger partial charge in [0, 0.05) is 14.2 Å². The van der Waals surface area contributed by atoms with Gasteiger partial charge in [0.05, 0.1) is 7.11 Å². The molecule has 13 heavy (non-hydrogen) atoms. The molecule has 1 saturated heterocycles. The van der Waals surface area contributed by atoms with Crippen LogP contribution in [-0.4, -0.2) is 29.1 Å². The topological polar surface area (TPSA) is 9.23 Å². The summed E-state index contributed by atoms with van der Waals surface area (Å²) in [6, 6.07) is 2.75. The van der Waals surface area contributed by atoms with Gasteiger partial charge < -0.3 is 4.43 Å². The SMILES string of the molecule is CC[Si]1(C)OCC[Si](C)(C)[Si]1(C)C. The first-order valence-electron chi connectivity index (χ1n) is 5.41. The summed E-state index contributed by atoms with van der Waals surface area (Å²) in [6.07, 6.45) is 0. The van der Waals surface area contributed by atoms with E-state index in [-0.39, 0.29) is 0 Å². The average Bonchev–Trinajstić information content (AvgIpc) is 2.01. The van der Waals surface area contributed by atoms with Crippen LogP contribution in [0.25, 0.3) is 0 Å². The maximum Gasteiger partial charge on any atom is 0.173 e. The summed E-state index contributed by atoms with van der Waals surface area (Å²) in [6.45, 7) is 16.3. The second kappa shape index (κ2) is 3.33. The third kappa shape index (κ3) is 1.62. The normalized spacial score (nSPS) is 37.4. The van der Waals surface area contributed by atoms with Gasteiger partial charge in [0.25, 0.3) is 0 Å². The molecular formula is C9H24OSi3. The van der Waals surface area contributed by atoms with Crippen molar-refractivity contribution in [2.45, 2.75) is 51.7 Å². The molecule has 1 nitrogen and oxygen atoms in total. The highest BCUT2D eigenvalue weighted by Gasteiger charge is 2.57. The van der Waals surface area contributed by atoms with Gasteiger partial charge in [-0.3, -0.25) is 0 Å². The zero-order valence-corrected chi connectivity index (χ0v) is 13.0. The molecule has 1 aliphatic heterocycles. The van der Waals surface area contributed by atoms with Gasteiger partial charge in [-0.05, 0) is 18.6 Å². The Hall–Kier alpha value is 0.611. The molecule has 0 spiro atoms. The Bertz CT molecular complexity index is 203. The summed E-state index contributed by atoms with van der Waals surface area (Å²) in [4.78, 5) is 0. The van der Waals surface area contributed by atoms with E-state index >= 15 is 0 Å². The van der Waals surface area contributed by atoms with E-state index in [9.17, 15) is 0 Å². The van der Waals surface area contributed by atoms with Crippen LogP contribution in [-0.2, 0) is 4.43 Å². The minimum Gasteiger partial charge on any atom is -0.420 e. The van der Waals surface area contributed by atoms with Gasteiger partial charge in [0.15, 0.2) is 7.83 Å². The summed E-state index contributed by atoms with van der Waals surface area (Å²) in [5.74, 6) is 0. The van der Waals surface area contributed by atoms with E-state index in [4.69, 9.17) is 4.43 Å². The van der Waals surface area contributed by atoms with Gasteiger partial charge in [-0.25, -0.2) is 0 Å². The van der Waals surface area contributed by atoms with Crippen LogP contribution in [0.15, 0.2) is 0 Å². The van der Waals surface area contributed by atoms with Crippen molar-refractivity contribution >= 4 is 22.5 Å². The Labute approximate surface area is 85.6 Å². The van der Waals surface area contributed by atoms with Crippen LogP contribution in [0.3, 0.4) is 0 Å². The Balaban J connectivity index is 3.01. The Kier molecular flexibility index (Phi) is 2.99. The fourth-order valence-corrected chi connectivity index (χ4v) is 33.9. The third-order valence-corrected chi connectivity index (χ3v) is 45.7. The van der Waals surface area contributed by atoms with E-state index < -0.39 is 22.5 Å². The molecule has 0 N–H and O–H groups in total. The molecule has 1 fully saturated rings. The van der Waals surface area contributed by atoms with E-state index in [1.165, 1.54) is 12.1 Å². The van der Waals surface area contributed by atoms with Gasteiger partial charge in [0.2, 0.25) is 0 Å². The standard InChI is InChI=1S/C9H24OSi3/c1-7-13(6)10-8-9-11(2,3)12(13,4)5/h7-9H2,1-6H3. The van der Waals surface area contributed by atoms with Gasteiger partial charge in [0.1, 0.15) is 0 Å². The van der Waals surface area contributed by atoms with E-state index in [1.54, 1.807) is 0 Å². The molecule has 78 valence electrons. The Morgan fingerprint density at radius 3 is 2.00 bits per heavy atom. The largest absolute Gasteiger partial charge is 0.420 e. The molecule has 0 aromatic carbocycles. The molecule has 0 amide bonds. The van der Waals surface area contributed by atoms with E-state index in [1.807, 2.05) is 0 Å². The molecule has 0 aromatic rings. The van der Waals surface area contributed by atoms with Crippen molar-refractivity contribution < 1.29 is 4.43 Å². The summed E-state index contributed by atoms with van der Waals surface area (Å²) in [5, 5.41) is 0. The minimum atomic E-state index is -1.27. The van der Waals surface area contributed by atoms with Gasteiger partial charge >= 0.3 is 0 Å². The second-order valence-corrected chi connectivity index (χ2v) is 32.9. The first-order chi connectivity index (χ1) is 5.77. The molecule has 0 bridgehead atoms. The highest BCUT2D eigenvalue weighted by molar-refractivity contribution is 7.67. The van der Waals surface area contributed by atoms with Gasteiger partial charge in [-0.2, -0.15) is 0 Å². The van der Waals surface area contributed by atoms with Gasteiger partial charge in [-0.1, -0.05) is 33.1 Å². The molecule has 0 saturated carbocycles. The quantitative estimate of drug-likeness (QED) is 0.631. The van der Waals surface area contributed by atoms with Gasteiger partial charge in [-0.15, -0.1) is 0 Å². The van der Waals surface area contributed by atoms with Crippen LogP contribution < -0.4 is 0 Å². The maximum absolute atomic E-state index is 6.20. The molecule has 1 unspecified atom stereocenters. The summed E-state index contributed by atoms with van der Waals surface area (Å²) in [7, 11) is -3.19. The van der Waals surface area contributed by atoms with Crippen LogP contribution in [0.5, 0.6) is 0 Å². The van der Waals surface area contributed by atoms with Crippen molar-refractivity contribution in [1.82, 2.24) is 0 Å². The molecule has 1 aliphatic rings. The predicted molar refractivity (Wildman–Crippen MR) is 67.8 cm³/mol. The monoisotopic (exact) mass is 232 g/mol. The number of hydrogen-bond acceptors (Lipinski definition) is 1. The number of rotatable bonds is 1. The van der Waals surface area contributed by atoms with Crippen molar-refractivity contribution in [2.24, 2.45) is 0 Å². The van der Waals surface area contributed by atoms with Crippen LogP contribution in [0, 0.1) is 0 Å². The maximum atomic E-state index is 6.20. The van der Waals surface area contributed by atoms with E-state index in [0.29, 0.717) is 0 Å². The molecule has 4 heteroatoms. The molecule has 1 atom stereocenters. The molecule has 0 aromatic heterocycles. The summed E-state index contributed by atoms with van der Waals surface area (Å²) >= 11 is 0. The number of hydrogen-bond donors (Lipinski definition) is 0. The smallest absolute Gasteiger partial charge is 0.173 e. The van der Waals surface area contributed by atoms with E-state index in [2.05, 4.69) is 39.7 Å². The average molecular weight is 233 g/mol. The molecule has 1 heterocycles. The van der Waals surface area contributed by atoms with Crippen molar-refractivity contribution in [3.05, 3.63) is 0 Å². The first kappa shape index (κ1) is 11.7. The van der Waals surface area contributed by atoms with Crippen LogP contribution >= 0.6 is 0 Å². The Morgan fingerprint density at radius 1 is 1.08 bits per heavy atom. The van der Waals surface area contributed by atoms with Crippen LogP contribution in [0.2, 0.25) is 44.8 Å². The molecular weight excluding hydrogens is 208 g/mol. The molecule has 1 rings (SSSR count). The zero-order valence-electron chi connectivity index (χ0n) is 10.0. The lowest BCUT2D eigenvalue weighted by molar-refractivity contribution is 0.332. The molecule has 0 radical (unpaired) electrons. The zero-order chi connectivity index (χ0) is 10.3. The lowest BCUT2D eigenvalue weighted by Crippen LogP contribution is -2.75. The highest BCUT2D eigenvalue weighted by atomic mass is 29.6. The van der Waals surface area contributed by atoms with Crippen molar-refractivity contribution in [2.75, 3.05) is 6.61 Å². The van der Waals surface area contributed by atoms with Crippen LogP contribution in [0.1, 0.15) is 6.92 Å². The Morgan fingerprint density at radius 2 is 1.62 bits per heavy atom. The lowest BCUT2D eigenvalue weighted by Gasteiger charge is -2.53. The summed E-state index contributed by atoms with van der Waals surface area (Å²) < 4.78 is 6.20. The van der Waals surface area contributed by atoms with Crippen molar-refractivity contribution in [3.8, 4) is 0 Å². The summed E-state index contributed by atoms with van der Waals surface area (Å²) in [5.41, 5.74) is 0. The van der Waals surface area contributed by atoms with Crippen LogP contribution in [0.4, 0.5) is 0 Å². The fourth-order valence-electron chi connectivity index (χ4n) is 2.28. The molecule has 0 aliphatic carbocycles.